The lowest BCUT2D eigenvalue weighted by Gasteiger charge is -2.23. The maximum Gasteiger partial charge on any atom is 0.306 e. The SMILES string of the molecule is CC(C)(C)OC(=O)C[C@@H](Cc1cc(F)cc(F)c1)c1ncccc1-c1ccc(F)c(C(N)=O)c1. The summed E-state index contributed by atoms with van der Waals surface area (Å²) in [5.74, 6) is -4.31. The van der Waals surface area contributed by atoms with E-state index in [1.54, 1.807) is 32.9 Å². The number of nitrogens with zero attached hydrogens (tertiary/aromatic N) is 1. The van der Waals surface area contributed by atoms with Crippen LogP contribution in [0, 0.1) is 17.5 Å². The molecule has 1 aromatic heterocycles. The maximum atomic E-state index is 14.0. The van der Waals surface area contributed by atoms with Gasteiger partial charge in [-0.15, -0.1) is 0 Å². The highest BCUT2D eigenvalue weighted by Gasteiger charge is 2.26. The first-order chi connectivity index (χ1) is 15.9. The lowest BCUT2D eigenvalue weighted by atomic mass is 9.87. The number of pyridine rings is 1. The van der Waals surface area contributed by atoms with Crippen molar-refractivity contribution in [3.8, 4) is 11.1 Å². The van der Waals surface area contributed by atoms with Crippen LogP contribution in [0.4, 0.5) is 13.2 Å². The van der Waals surface area contributed by atoms with Crippen molar-refractivity contribution in [3.05, 3.63) is 89.0 Å². The van der Waals surface area contributed by atoms with Gasteiger partial charge in [-0.2, -0.15) is 0 Å². The molecule has 8 heteroatoms. The van der Waals surface area contributed by atoms with Gasteiger partial charge in [0.2, 0.25) is 0 Å². The number of rotatable bonds is 7. The number of nitrogens with two attached hydrogens (primary N) is 1. The van der Waals surface area contributed by atoms with Crippen molar-refractivity contribution >= 4 is 11.9 Å². The van der Waals surface area contributed by atoms with Gasteiger partial charge in [0, 0.05) is 23.7 Å². The second kappa shape index (κ2) is 10.1. The van der Waals surface area contributed by atoms with Crippen LogP contribution < -0.4 is 5.73 Å². The number of amides is 1. The Bertz CT molecular complexity index is 1200. The minimum absolute atomic E-state index is 0.0851. The van der Waals surface area contributed by atoms with E-state index in [9.17, 15) is 22.8 Å². The zero-order valence-electron chi connectivity index (χ0n) is 19.1. The van der Waals surface area contributed by atoms with Gasteiger partial charge >= 0.3 is 5.97 Å². The topological polar surface area (TPSA) is 82.3 Å². The second-order valence-corrected chi connectivity index (χ2v) is 8.96. The van der Waals surface area contributed by atoms with Crippen LogP contribution in [0.2, 0.25) is 0 Å². The molecule has 0 bridgehead atoms. The first kappa shape index (κ1) is 25.0. The summed E-state index contributed by atoms with van der Waals surface area (Å²) in [4.78, 5) is 28.8. The van der Waals surface area contributed by atoms with E-state index in [0.717, 1.165) is 12.1 Å². The van der Waals surface area contributed by atoms with Crippen LogP contribution in [0.3, 0.4) is 0 Å². The van der Waals surface area contributed by atoms with E-state index < -0.39 is 40.8 Å². The van der Waals surface area contributed by atoms with Crippen molar-refractivity contribution < 1.29 is 27.5 Å². The Morgan fingerprint density at radius 3 is 2.32 bits per heavy atom. The molecule has 1 amide bonds. The van der Waals surface area contributed by atoms with Crippen molar-refractivity contribution in [1.82, 2.24) is 4.98 Å². The molecule has 178 valence electrons. The van der Waals surface area contributed by atoms with Crippen molar-refractivity contribution in [2.75, 3.05) is 0 Å². The highest BCUT2D eigenvalue weighted by Crippen LogP contribution is 2.33. The number of benzene rings is 2. The summed E-state index contributed by atoms with van der Waals surface area (Å²) in [7, 11) is 0. The van der Waals surface area contributed by atoms with Crippen molar-refractivity contribution in [2.24, 2.45) is 5.73 Å². The van der Waals surface area contributed by atoms with Gasteiger partial charge in [0.25, 0.3) is 5.91 Å². The molecule has 0 spiro atoms. The van der Waals surface area contributed by atoms with Gasteiger partial charge in [-0.1, -0.05) is 12.1 Å². The van der Waals surface area contributed by atoms with Gasteiger partial charge in [-0.3, -0.25) is 14.6 Å². The van der Waals surface area contributed by atoms with Gasteiger partial charge in [0.05, 0.1) is 17.7 Å². The van der Waals surface area contributed by atoms with E-state index in [0.29, 0.717) is 22.4 Å². The van der Waals surface area contributed by atoms with Gasteiger partial charge in [-0.25, -0.2) is 13.2 Å². The summed E-state index contributed by atoms with van der Waals surface area (Å²) in [6.45, 7) is 5.20. The van der Waals surface area contributed by atoms with Gasteiger partial charge in [-0.05, 0) is 68.7 Å². The number of aromatic nitrogens is 1. The quantitative estimate of drug-likeness (QED) is 0.474. The summed E-state index contributed by atoms with van der Waals surface area (Å²) in [5, 5.41) is 0. The average Bonchev–Trinajstić information content (AvgIpc) is 2.71. The van der Waals surface area contributed by atoms with Crippen molar-refractivity contribution in [3.63, 3.8) is 0 Å². The molecule has 0 fully saturated rings. The summed E-state index contributed by atoms with van der Waals surface area (Å²) in [6.07, 6.45) is 1.48. The van der Waals surface area contributed by atoms with Crippen LogP contribution in [0.15, 0.2) is 54.7 Å². The van der Waals surface area contributed by atoms with Crippen molar-refractivity contribution in [1.29, 1.82) is 0 Å². The fourth-order valence-corrected chi connectivity index (χ4v) is 3.73. The van der Waals surface area contributed by atoms with Crippen LogP contribution in [-0.2, 0) is 16.0 Å². The van der Waals surface area contributed by atoms with Gasteiger partial charge < -0.3 is 10.5 Å². The molecule has 0 saturated heterocycles. The molecule has 2 N–H and O–H groups in total. The number of primary amides is 1. The Balaban J connectivity index is 2.08. The van der Waals surface area contributed by atoms with Crippen molar-refractivity contribution in [2.45, 2.75) is 45.1 Å². The monoisotopic (exact) mass is 470 g/mol. The molecule has 0 saturated carbocycles. The molecule has 0 radical (unpaired) electrons. The molecular weight excluding hydrogens is 445 g/mol. The van der Waals surface area contributed by atoms with Crippen LogP contribution in [0.25, 0.3) is 11.1 Å². The smallest absolute Gasteiger partial charge is 0.306 e. The molecule has 0 aliphatic heterocycles. The molecule has 0 aliphatic carbocycles. The number of hydrogen-bond donors (Lipinski definition) is 1. The van der Waals surface area contributed by atoms with Crippen LogP contribution in [0.5, 0.6) is 0 Å². The predicted molar refractivity (Wildman–Crippen MR) is 121 cm³/mol. The number of esters is 1. The largest absolute Gasteiger partial charge is 0.460 e. The third kappa shape index (κ3) is 6.43. The molecule has 0 unspecified atom stereocenters. The van der Waals surface area contributed by atoms with E-state index >= 15 is 0 Å². The highest BCUT2D eigenvalue weighted by molar-refractivity contribution is 5.94. The first-order valence-electron chi connectivity index (χ1n) is 10.6. The van der Waals surface area contributed by atoms with Crippen LogP contribution >= 0.6 is 0 Å². The summed E-state index contributed by atoms with van der Waals surface area (Å²) >= 11 is 0. The molecular formula is C26H25F3N2O3. The average molecular weight is 470 g/mol. The molecule has 2 aromatic carbocycles. The minimum Gasteiger partial charge on any atom is -0.460 e. The normalized spacial score (nSPS) is 12.3. The molecule has 3 rings (SSSR count). The Morgan fingerprint density at radius 1 is 1.03 bits per heavy atom. The maximum absolute atomic E-state index is 14.0. The highest BCUT2D eigenvalue weighted by atomic mass is 19.1. The number of ether oxygens (including phenoxy) is 1. The lowest BCUT2D eigenvalue weighted by Crippen LogP contribution is -2.25. The Kier molecular flexibility index (Phi) is 7.39. The molecule has 0 aliphatic rings. The van der Waals surface area contributed by atoms with E-state index in [4.69, 9.17) is 10.5 Å². The Morgan fingerprint density at radius 2 is 1.71 bits per heavy atom. The summed E-state index contributed by atoms with van der Waals surface area (Å²) in [5.41, 5.74) is 6.01. The van der Waals surface area contributed by atoms with E-state index in [1.165, 1.54) is 30.5 Å². The number of carbonyl (C=O) groups excluding carboxylic acids is 2. The van der Waals surface area contributed by atoms with E-state index in [-0.39, 0.29) is 18.4 Å². The third-order valence-corrected chi connectivity index (χ3v) is 5.01. The standard InChI is InChI=1S/C26H25F3N2O3/c1-26(2,3)34-23(32)13-17(9-15-10-18(27)14-19(28)11-15)24-20(5-4-8-31-24)16-6-7-22(29)21(12-16)25(30)33/h4-8,10-12,14,17H,9,13H2,1-3H3,(H2,30,33)/t17-/m1/s1. The predicted octanol–water partition coefficient (Wildman–Crippen LogP) is 5.32. The summed E-state index contributed by atoms with van der Waals surface area (Å²) < 4.78 is 47.2. The zero-order valence-corrected chi connectivity index (χ0v) is 19.1. The molecule has 3 aromatic rings. The molecule has 34 heavy (non-hydrogen) atoms. The number of carbonyl (C=O) groups is 2. The fraction of sp³-hybridized carbons (Fsp3) is 0.269. The minimum atomic E-state index is -0.926. The molecule has 5 nitrogen and oxygen atoms in total. The molecule has 1 atom stereocenters. The zero-order chi connectivity index (χ0) is 25.0. The lowest BCUT2D eigenvalue weighted by molar-refractivity contribution is -0.155. The molecule has 1 heterocycles. The summed E-state index contributed by atoms with van der Waals surface area (Å²) in [6, 6.07) is 10.4. The third-order valence-electron chi connectivity index (χ3n) is 5.01. The van der Waals surface area contributed by atoms with Crippen LogP contribution in [0.1, 0.15) is 54.7 Å². The first-order valence-corrected chi connectivity index (χ1v) is 10.6. The Labute approximate surface area is 195 Å². The fourth-order valence-electron chi connectivity index (χ4n) is 3.73. The number of halogens is 3. The second-order valence-electron chi connectivity index (χ2n) is 8.96. The van der Waals surface area contributed by atoms with Crippen LogP contribution in [-0.4, -0.2) is 22.5 Å². The number of hydrogen-bond acceptors (Lipinski definition) is 4. The Hall–Kier alpha value is -3.68. The van der Waals surface area contributed by atoms with E-state index in [2.05, 4.69) is 4.98 Å². The van der Waals surface area contributed by atoms with Gasteiger partial charge in [0.1, 0.15) is 23.1 Å². The van der Waals surface area contributed by atoms with E-state index in [1.807, 2.05) is 0 Å². The van der Waals surface area contributed by atoms with Gasteiger partial charge in [0.15, 0.2) is 0 Å².